The van der Waals surface area contributed by atoms with Gasteiger partial charge in [0.25, 0.3) is 0 Å². The molecular formula is C23H23FN4O. The van der Waals surface area contributed by atoms with Crippen LogP contribution in [0.15, 0.2) is 60.7 Å². The Kier molecular flexibility index (Phi) is 5.51. The minimum Gasteiger partial charge on any atom is -0.354 e. The minimum atomic E-state index is -0.297. The molecular weight excluding hydrogens is 367 g/mol. The van der Waals surface area contributed by atoms with Crippen molar-refractivity contribution in [2.75, 3.05) is 23.3 Å². The first-order valence-corrected chi connectivity index (χ1v) is 9.81. The summed E-state index contributed by atoms with van der Waals surface area (Å²) in [4.78, 5) is 14.8. The molecule has 5 nitrogen and oxygen atoms in total. The Labute approximate surface area is 169 Å². The topological polar surface area (TPSA) is 58.1 Å². The van der Waals surface area contributed by atoms with Gasteiger partial charge < -0.3 is 10.2 Å². The van der Waals surface area contributed by atoms with Gasteiger partial charge in [-0.05, 0) is 55.7 Å². The molecule has 148 valence electrons. The van der Waals surface area contributed by atoms with Crippen LogP contribution in [0.5, 0.6) is 0 Å². The summed E-state index contributed by atoms with van der Waals surface area (Å²) >= 11 is 0. The molecule has 2 heterocycles. The van der Waals surface area contributed by atoms with Gasteiger partial charge in [-0.3, -0.25) is 4.79 Å². The lowest BCUT2D eigenvalue weighted by molar-refractivity contribution is -0.120. The van der Waals surface area contributed by atoms with Gasteiger partial charge in [0.1, 0.15) is 5.82 Å². The molecule has 0 unspecified atom stereocenters. The summed E-state index contributed by atoms with van der Waals surface area (Å²) in [7, 11) is 0. The molecule has 1 fully saturated rings. The van der Waals surface area contributed by atoms with Crippen molar-refractivity contribution >= 4 is 17.4 Å². The molecule has 3 aromatic rings. The number of anilines is 2. The zero-order valence-corrected chi connectivity index (χ0v) is 16.3. The second-order valence-corrected chi connectivity index (χ2v) is 7.39. The average molecular weight is 390 g/mol. The van der Waals surface area contributed by atoms with E-state index in [0.717, 1.165) is 36.5 Å². The van der Waals surface area contributed by atoms with Crippen molar-refractivity contribution in [2.45, 2.75) is 19.8 Å². The van der Waals surface area contributed by atoms with Gasteiger partial charge in [-0.15, -0.1) is 10.2 Å². The van der Waals surface area contributed by atoms with Crippen LogP contribution in [-0.4, -0.2) is 29.2 Å². The Morgan fingerprint density at radius 1 is 1.10 bits per heavy atom. The van der Waals surface area contributed by atoms with Crippen LogP contribution in [0.2, 0.25) is 0 Å². The SMILES string of the molecule is Cc1cc(-c2cccc(F)c2)nnc1N1CCC[C@@H](C(=O)Nc2ccccc2)C1. The third-order valence-corrected chi connectivity index (χ3v) is 5.21. The van der Waals surface area contributed by atoms with Crippen molar-refractivity contribution in [3.8, 4) is 11.3 Å². The predicted octanol–water partition coefficient (Wildman–Crippen LogP) is 4.45. The highest BCUT2D eigenvalue weighted by atomic mass is 19.1. The summed E-state index contributed by atoms with van der Waals surface area (Å²) in [5.74, 6) is 0.410. The van der Waals surface area contributed by atoms with Gasteiger partial charge in [0, 0.05) is 24.3 Å². The van der Waals surface area contributed by atoms with E-state index < -0.39 is 0 Å². The van der Waals surface area contributed by atoms with E-state index in [1.807, 2.05) is 49.4 Å². The first-order valence-electron chi connectivity index (χ1n) is 9.81. The van der Waals surface area contributed by atoms with E-state index in [9.17, 15) is 9.18 Å². The summed E-state index contributed by atoms with van der Waals surface area (Å²) < 4.78 is 13.5. The van der Waals surface area contributed by atoms with Crippen LogP contribution >= 0.6 is 0 Å². The second kappa shape index (κ2) is 8.39. The maximum Gasteiger partial charge on any atom is 0.229 e. The predicted molar refractivity (Wildman–Crippen MR) is 112 cm³/mol. The number of aryl methyl sites for hydroxylation is 1. The third kappa shape index (κ3) is 4.42. The zero-order chi connectivity index (χ0) is 20.2. The lowest BCUT2D eigenvalue weighted by atomic mass is 9.96. The summed E-state index contributed by atoms with van der Waals surface area (Å²) in [5, 5.41) is 11.7. The number of hydrogen-bond donors (Lipinski definition) is 1. The maximum absolute atomic E-state index is 13.5. The van der Waals surface area contributed by atoms with E-state index in [1.54, 1.807) is 6.07 Å². The number of para-hydroxylation sites is 1. The summed E-state index contributed by atoms with van der Waals surface area (Å²) in [6, 6.07) is 17.8. The number of halogens is 1. The normalized spacial score (nSPS) is 16.5. The van der Waals surface area contributed by atoms with E-state index in [-0.39, 0.29) is 17.6 Å². The monoisotopic (exact) mass is 390 g/mol. The summed E-state index contributed by atoms with van der Waals surface area (Å²) in [6.45, 7) is 3.41. The Hall–Kier alpha value is -3.28. The van der Waals surface area contributed by atoms with Crippen molar-refractivity contribution in [1.29, 1.82) is 0 Å². The number of benzene rings is 2. The van der Waals surface area contributed by atoms with Crippen LogP contribution in [0, 0.1) is 18.7 Å². The van der Waals surface area contributed by atoms with Crippen LogP contribution in [0.3, 0.4) is 0 Å². The molecule has 1 aromatic heterocycles. The minimum absolute atomic E-state index is 0.0305. The quantitative estimate of drug-likeness (QED) is 0.715. The van der Waals surface area contributed by atoms with E-state index >= 15 is 0 Å². The molecule has 0 aliphatic carbocycles. The van der Waals surface area contributed by atoms with Gasteiger partial charge in [-0.2, -0.15) is 0 Å². The van der Waals surface area contributed by atoms with Crippen LogP contribution in [-0.2, 0) is 4.79 Å². The van der Waals surface area contributed by atoms with Gasteiger partial charge >= 0.3 is 0 Å². The lowest BCUT2D eigenvalue weighted by Gasteiger charge is -2.33. The Morgan fingerprint density at radius 3 is 2.69 bits per heavy atom. The summed E-state index contributed by atoms with van der Waals surface area (Å²) in [6.07, 6.45) is 1.77. The lowest BCUT2D eigenvalue weighted by Crippen LogP contribution is -2.41. The molecule has 2 aromatic carbocycles. The fourth-order valence-corrected chi connectivity index (χ4v) is 3.73. The van der Waals surface area contributed by atoms with Gasteiger partial charge in [0.15, 0.2) is 5.82 Å². The number of carbonyl (C=O) groups is 1. The van der Waals surface area contributed by atoms with E-state index in [1.165, 1.54) is 12.1 Å². The number of piperidine rings is 1. The number of nitrogens with zero attached hydrogens (tertiary/aromatic N) is 3. The number of hydrogen-bond acceptors (Lipinski definition) is 4. The number of amides is 1. The molecule has 1 saturated heterocycles. The van der Waals surface area contributed by atoms with Crippen LogP contribution in [0.4, 0.5) is 15.9 Å². The molecule has 1 aliphatic heterocycles. The highest BCUT2D eigenvalue weighted by Crippen LogP contribution is 2.27. The molecule has 0 radical (unpaired) electrons. The fourth-order valence-electron chi connectivity index (χ4n) is 3.73. The maximum atomic E-state index is 13.5. The van der Waals surface area contributed by atoms with Gasteiger partial charge in [-0.25, -0.2) is 4.39 Å². The molecule has 0 saturated carbocycles. The molecule has 0 spiro atoms. The standard InChI is InChI=1S/C23H23FN4O/c1-16-13-21(17-7-5-9-19(24)14-17)26-27-22(16)28-12-6-8-18(15-28)23(29)25-20-10-3-2-4-11-20/h2-5,7,9-11,13-14,18H,6,8,12,15H2,1H3,(H,25,29)/t18-/m1/s1. The van der Waals surface area contributed by atoms with Crippen LogP contribution < -0.4 is 10.2 Å². The van der Waals surface area contributed by atoms with Gasteiger partial charge in [0.2, 0.25) is 5.91 Å². The molecule has 1 atom stereocenters. The van der Waals surface area contributed by atoms with Gasteiger partial charge in [-0.1, -0.05) is 30.3 Å². The number of carbonyl (C=O) groups excluding carboxylic acids is 1. The number of aromatic nitrogens is 2. The Bertz CT molecular complexity index is 1010. The Balaban J connectivity index is 1.48. The fraction of sp³-hybridized carbons (Fsp3) is 0.261. The highest BCUT2D eigenvalue weighted by molar-refractivity contribution is 5.93. The number of nitrogens with one attached hydrogen (secondary N) is 1. The van der Waals surface area contributed by atoms with Crippen molar-refractivity contribution in [3.63, 3.8) is 0 Å². The van der Waals surface area contributed by atoms with Crippen LogP contribution in [0.25, 0.3) is 11.3 Å². The van der Waals surface area contributed by atoms with E-state index in [0.29, 0.717) is 17.8 Å². The molecule has 6 heteroatoms. The molecule has 29 heavy (non-hydrogen) atoms. The zero-order valence-electron chi connectivity index (χ0n) is 16.3. The van der Waals surface area contributed by atoms with Crippen molar-refractivity contribution in [2.24, 2.45) is 5.92 Å². The van der Waals surface area contributed by atoms with Crippen molar-refractivity contribution < 1.29 is 9.18 Å². The Morgan fingerprint density at radius 2 is 1.93 bits per heavy atom. The molecule has 0 bridgehead atoms. The largest absolute Gasteiger partial charge is 0.354 e. The number of rotatable bonds is 4. The molecule has 1 N–H and O–H groups in total. The average Bonchev–Trinajstić information content (AvgIpc) is 2.74. The molecule has 1 aliphatic rings. The molecule has 4 rings (SSSR count). The van der Waals surface area contributed by atoms with E-state index in [4.69, 9.17) is 0 Å². The van der Waals surface area contributed by atoms with Gasteiger partial charge in [0.05, 0.1) is 11.6 Å². The first kappa shape index (κ1) is 19.1. The first-order chi connectivity index (χ1) is 14.1. The molecule has 1 amide bonds. The van der Waals surface area contributed by atoms with Crippen LogP contribution in [0.1, 0.15) is 18.4 Å². The smallest absolute Gasteiger partial charge is 0.229 e. The van der Waals surface area contributed by atoms with Crippen molar-refractivity contribution in [1.82, 2.24) is 10.2 Å². The van der Waals surface area contributed by atoms with E-state index in [2.05, 4.69) is 20.4 Å². The van der Waals surface area contributed by atoms with Crippen molar-refractivity contribution in [3.05, 3.63) is 72.0 Å². The summed E-state index contributed by atoms with van der Waals surface area (Å²) in [5.41, 5.74) is 3.11. The third-order valence-electron chi connectivity index (χ3n) is 5.21. The highest BCUT2D eigenvalue weighted by Gasteiger charge is 2.27. The second-order valence-electron chi connectivity index (χ2n) is 7.39.